The van der Waals surface area contributed by atoms with Crippen LogP contribution in [0.1, 0.15) is 36.8 Å². The van der Waals surface area contributed by atoms with E-state index >= 15 is 0 Å². The number of thioether (sulfide) groups is 1. The molecule has 2 amide bonds. The molecule has 0 aliphatic carbocycles. The number of nitrogens with zero attached hydrogens (tertiary/aromatic N) is 1. The molecule has 166 valence electrons. The van der Waals surface area contributed by atoms with Crippen LogP contribution in [0.25, 0.3) is 6.08 Å². The highest BCUT2D eigenvalue weighted by Crippen LogP contribution is 2.36. The first-order valence-corrected chi connectivity index (χ1v) is 11.7. The second-order valence-corrected chi connectivity index (χ2v) is 9.35. The van der Waals surface area contributed by atoms with Crippen LogP contribution in [-0.4, -0.2) is 34.4 Å². The fourth-order valence-electron chi connectivity index (χ4n) is 3.44. The van der Waals surface area contributed by atoms with Crippen LogP contribution in [-0.2, 0) is 9.59 Å². The number of amides is 2. The summed E-state index contributed by atoms with van der Waals surface area (Å²) in [5.41, 5.74) is 2.84. The summed E-state index contributed by atoms with van der Waals surface area (Å²) < 4.78 is 11.3. The molecular weight excluding hydrogens is 444 g/mol. The molecule has 1 saturated heterocycles. The van der Waals surface area contributed by atoms with Gasteiger partial charge in [0.1, 0.15) is 4.32 Å². The van der Waals surface area contributed by atoms with Crippen LogP contribution >= 0.6 is 24.0 Å². The van der Waals surface area contributed by atoms with E-state index in [2.05, 4.69) is 5.32 Å². The quantitative estimate of drug-likeness (QED) is 0.329. The van der Waals surface area contributed by atoms with Gasteiger partial charge in [0.25, 0.3) is 5.91 Å². The zero-order chi connectivity index (χ0) is 22.5. The highest BCUT2D eigenvalue weighted by molar-refractivity contribution is 8.26. The van der Waals surface area contributed by atoms with Crippen LogP contribution in [0.3, 0.4) is 0 Å². The van der Waals surface area contributed by atoms with Crippen molar-refractivity contribution in [3.05, 3.63) is 58.5 Å². The minimum Gasteiger partial charge on any atom is -0.454 e. The molecule has 0 radical (unpaired) electrons. The second kappa shape index (κ2) is 10.2. The number of benzene rings is 2. The SMILES string of the molecule is Cc1ccc(NC(=O)CCCCCN2C(=O)C(=Cc3ccc4c(c3)OCO4)SC2=S)cc1. The lowest BCUT2D eigenvalue weighted by Crippen LogP contribution is -2.29. The highest BCUT2D eigenvalue weighted by atomic mass is 32.2. The van der Waals surface area contributed by atoms with Gasteiger partial charge in [-0.05, 0) is 55.7 Å². The molecule has 2 aliphatic rings. The summed E-state index contributed by atoms with van der Waals surface area (Å²) in [7, 11) is 0. The summed E-state index contributed by atoms with van der Waals surface area (Å²) in [6.07, 6.45) is 4.69. The number of fused-ring (bicyclic) bond motifs is 1. The van der Waals surface area contributed by atoms with Crippen molar-refractivity contribution in [2.24, 2.45) is 0 Å². The molecule has 6 nitrogen and oxygen atoms in total. The van der Waals surface area contributed by atoms with E-state index in [-0.39, 0.29) is 18.6 Å². The van der Waals surface area contributed by atoms with Crippen molar-refractivity contribution in [2.75, 3.05) is 18.7 Å². The Bertz CT molecular complexity index is 1070. The fraction of sp³-hybridized carbons (Fsp3) is 0.292. The maximum absolute atomic E-state index is 12.8. The van der Waals surface area contributed by atoms with Crippen LogP contribution in [0.4, 0.5) is 5.69 Å². The number of aryl methyl sites for hydroxylation is 1. The van der Waals surface area contributed by atoms with Gasteiger partial charge in [0.05, 0.1) is 4.91 Å². The number of ether oxygens (including phenoxy) is 2. The van der Waals surface area contributed by atoms with E-state index in [1.54, 1.807) is 4.90 Å². The summed E-state index contributed by atoms with van der Waals surface area (Å²) in [6, 6.07) is 13.3. The average molecular weight is 469 g/mol. The van der Waals surface area contributed by atoms with E-state index in [1.165, 1.54) is 11.8 Å². The molecule has 32 heavy (non-hydrogen) atoms. The lowest BCUT2D eigenvalue weighted by molar-refractivity contribution is -0.122. The third-order valence-corrected chi connectivity index (χ3v) is 6.57. The monoisotopic (exact) mass is 468 g/mol. The zero-order valence-electron chi connectivity index (χ0n) is 17.8. The predicted octanol–water partition coefficient (Wildman–Crippen LogP) is 5.12. The Morgan fingerprint density at radius 3 is 2.72 bits per heavy atom. The summed E-state index contributed by atoms with van der Waals surface area (Å²) in [6.45, 7) is 2.79. The minimum absolute atomic E-state index is 0.00567. The Kier molecular flexibility index (Phi) is 7.12. The molecule has 2 aromatic rings. The Labute approximate surface area is 197 Å². The normalized spacial score (nSPS) is 16.2. The molecule has 4 rings (SSSR count). The number of unbranched alkanes of at least 4 members (excludes halogenated alkanes) is 2. The molecule has 0 atom stereocenters. The summed E-state index contributed by atoms with van der Waals surface area (Å²) in [5, 5.41) is 2.91. The molecule has 2 aliphatic heterocycles. The van der Waals surface area contributed by atoms with Gasteiger partial charge in [-0.25, -0.2) is 0 Å². The summed E-state index contributed by atoms with van der Waals surface area (Å²) in [4.78, 5) is 27.1. The maximum atomic E-state index is 12.8. The van der Waals surface area contributed by atoms with Crippen LogP contribution in [0.5, 0.6) is 11.5 Å². The summed E-state index contributed by atoms with van der Waals surface area (Å²) >= 11 is 6.72. The molecule has 0 spiro atoms. The zero-order valence-corrected chi connectivity index (χ0v) is 19.4. The number of carbonyl (C=O) groups is 2. The smallest absolute Gasteiger partial charge is 0.266 e. The van der Waals surface area contributed by atoms with E-state index in [0.29, 0.717) is 33.7 Å². The first-order chi connectivity index (χ1) is 15.5. The minimum atomic E-state index is -0.0743. The van der Waals surface area contributed by atoms with Crippen molar-refractivity contribution in [3.63, 3.8) is 0 Å². The fourth-order valence-corrected chi connectivity index (χ4v) is 4.75. The van der Waals surface area contributed by atoms with E-state index in [9.17, 15) is 9.59 Å². The Balaban J connectivity index is 1.22. The summed E-state index contributed by atoms with van der Waals surface area (Å²) in [5.74, 6) is 1.32. The van der Waals surface area contributed by atoms with Gasteiger partial charge in [-0.15, -0.1) is 0 Å². The molecule has 0 bridgehead atoms. The van der Waals surface area contributed by atoms with Gasteiger partial charge in [-0.1, -0.05) is 54.2 Å². The first-order valence-electron chi connectivity index (χ1n) is 10.5. The molecular formula is C24H24N2O4S2. The standard InChI is InChI=1S/C24H24N2O4S2/c1-16-6-9-18(10-7-16)25-22(27)5-3-2-4-12-26-23(28)21(32-24(26)31)14-17-8-11-19-20(13-17)30-15-29-19/h6-11,13-14H,2-5,12,15H2,1H3,(H,25,27). The molecule has 0 saturated carbocycles. The predicted molar refractivity (Wildman–Crippen MR) is 131 cm³/mol. The number of hydrogen-bond donors (Lipinski definition) is 1. The molecule has 0 aromatic heterocycles. The van der Waals surface area contributed by atoms with E-state index in [4.69, 9.17) is 21.7 Å². The molecule has 1 N–H and O–H groups in total. The molecule has 2 heterocycles. The molecule has 0 unspecified atom stereocenters. The number of carbonyl (C=O) groups excluding carboxylic acids is 2. The second-order valence-electron chi connectivity index (χ2n) is 7.67. The van der Waals surface area contributed by atoms with Crippen molar-refractivity contribution in [2.45, 2.75) is 32.6 Å². The number of thiocarbonyl (C=S) groups is 1. The van der Waals surface area contributed by atoms with Gasteiger partial charge in [-0.3, -0.25) is 14.5 Å². The Morgan fingerprint density at radius 1 is 1.12 bits per heavy atom. The van der Waals surface area contributed by atoms with E-state index in [0.717, 1.165) is 36.1 Å². The molecule has 8 heteroatoms. The van der Waals surface area contributed by atoms with E-state index < -0.39 is 0 Å². The lowest BCUT2D eigenvalue weighted by atomic mass is 10.1. The number of rotatable bonds is 8. The lowest BCUT2D eigenvalue weighted by Gasteiger charge is -2.14. The van der Waals surface area contributed by atoms with E-state index in [1.807, 2.05) is 55.5 Å². The van der Waals surface area contributed by atoms with Crippen LogP contribution in [0, 0.1) is 6.92 Å². The molecule has 1 fully saturated rings. The molecule has 2 aromatic carbocycles. The number of hydrogen-bond acceptors (Lipinski definition) is 6. The Hall–Kier alpha value is -2.84. The van der Waals surface area contributed by atoms with Gasteiger partial charge in [0.2, 0.25) is 12.7 Å². The third kappa shape index (κ3) is 5.49. The van der Waals surface area contributed by atoms with Crippen molar-refractivity contribution in [3.8, 4) is 11.5 Å². The van der Waals surface area contributed by atoms with Crippen molar-refractivity contribution in [1.82, 2.24) is 4.90 Å². The van der Waals surface area contributed by atoms with Gasteiger partial charge in [0, 0.05) is 18.7 Å². The van der Waals surface area contributed by atoms with Gasteiger partial charge >= 0.3 is 0 Å². The van der Waals surface area contributed by atoms with Gasteiger partial charge in [0.15, 0.2) is 11.5 Å². The van der Waals surface area contributed by atoms with Gasteiger partial charge in [-0.2, -0.15) is 0 Å². The Morgan fingerprint density at radius 2 is 1.91 bits per heavy atom. The first kappa shape index (κ1) is 22.4. The van der Waals surface area contributed by atoms with Crippen molar-refractivity contribution < 1.29 is 19.1 Å². The third-order valence-electron chi connectivity index (χ3n) is 5.19. The average Bonchev–Trinajstić information content (AvgIpc) is 3.34. The topological polar surface area (TPSA) is 67.9 Å². The van der Waals surface area contributed by atoms with Gasteiger partial charge < -0.3 is 14.8 Å². The van der Waals surface area contributed by atoms with Crippen LogP contribution < -0.4 is 14.8 Å². The van der Waals surface area contributed by atoms with Crippen LogP contribution in [0.15, 0.2) is 47.4 Å². The highest BCUT2D eigenvalue weighted by Gasteiger charge is 2.31. The number of nitrogens with one attached hydrogen (secondary N) is 1. The van der Waals surface area contributed by atoms with Crippen molar-refractivity contribution >= 4 is 51.9 Å². The van der Waals surface area contributed by atoms with Crippen molar-refractivity contribution in [1.29, 1.82) is 0 Å². The maximum Gasteiger partial charge on any atom is 0.266 e. The van der Waals surface area contributed by atoms with Crippen LogP contribution in [0.2, 0.25) is 0 Å². The largest absolute Gasteiger partial charge is 0.454 e. The number of anilines is 1.